The first kappa shape index (κ1) is 25.4. The third kappa shape index (κ3) is 6.02. The first-order valence-corrected chi connectivity index (χ1v) is 13.9. The molecule has 0 aliphatic carbocycles. The maximum Gasteiger partial charge on any atom is 0.270 e. The molecule has 7 nitrogen and oxygen atoms in total. The summed E-state index contributed by atoms with van der Waals surface area (Å²) < 4.78 is 1.90. The summed E-state index contributed by atoms with van der Waals surface area (Å²) in [5.74, 6) is 0.897. The largest absolute Gasteiger partial charge is 0.350 e. The van der Waals surface area contributed by atoms with E-state index >= 15 is 0 Å². The zero-order chi connectivity index (χ0) is 25.6. The van der Waals surface area contributed by atoms with Gasteiger partial charge in [-0.2, -0.15) is 0 Å². The molecule has 0 fully saturated rings. The predicted octanol–water partition coefficient (Wildman–Crippen LogP) is 6.36. The number of para-hydroxylation sites is 1. The van der Waals surface area contributed by atoms with Gasteiger partial charge in [-0.25, -0.2) is 4.98 Å². The van der Waals surface area contributed by atoms with Gasteiger partial charge in [-0.3, -0.25) is 14.3 Å². The van der Waals surface area contributed by atoms with Crippen LogP contribution in [0.5, 0.6) is 0 Å². The van der Waals surface area contributed by atoms with E-state index in [1.165, 1.54) is 23.1 Å². The second-order valence-corrected chi connectivity index (χ2v) is 10.5. The fourth-order valence-corrected chi connectivity index (χ4v) is 5.76. The maximum absolute atomic E-state index is 12.5. The van der Waals surface area contributed by atoms with Gasteiger partial charge in [-0.1, -0.05) is 65.3 Å². The minimum Gasteiger partial charge on any atom is -0.350 e. The van der Waals surface area contributed by atoms with E-state index in [0.29, 0.717) is 45.4 Å². The van der Waals surface area contributed by atoms with Gasteiger partial charge in [0.2, 0.25) is 0 Å². The van der Waals surface area contributed by atoms with Gasteiger partial charge < -0.3 is 5.32 Å². The van der Waals surface area contributed by atoms with Crippen molar-refractivity contribution in [3.63, 3.8) is 0 Å². The number of carbonyl (C=O) groups excluding carboxylic acids is 1. The Morgan fingerprint density at radius 3 is 2.54 bits per heavy atom. The standard InChI is InChI=1S/C26H20Cl2N6OS2/c27-19-9-2-1-8-18(19)24-32-33-26(34(24)22-11-4-3-10-20(22)28)37-16-23-31-21(15-36-23)25(35)30-14-12-17-7-5-6-13-29-17/h1-11,13,15H,12,14,16H2,(H,30,35). The molecule has 1 amide bonds. The Labute approximate surface area is 231 Å². The molecule has 3 heterocycles. The minimum atomic E-state index is -0.205. The fraction of sp³-hybridized carbons (Fsp3) is 0.115. The summed E-state index contributed by atoms with van der Waals surface area (Å²) in [5, 5.41) is 16.1. The summed E-state index contributed by atoms with van der Waals surface area (Å²) in [6.45, 7) is 0.489. The fourth-order valence-electron chi connectivity index (χ4n) is 3.58. The number of nitrogens with zero attached hydrogens (tertiary/aromatic N) is 5. The molecule has 0 radical (unpaired) electrons. The van der Waals surface area contributed by atoms with Gasteiger partial charge in [0.15, 0.2) is 11.0 Å². The van der Waals surface area contributed by atoms with Crippen molar-refractivity contribution in [2.45, 2.75) is 17.3 Å². The molecule has 0 aliphatic rings. The number of nitrogens with one attached hydrogen (secondary N) is 1. The molecule has 1 N–H and O–H groups in total. The Bertz CT molecular complexity index is 1520. The van der Waals surface area contributed by atoms with Crippen molar-refractivity contribution in [1.82, 2.24) is 30.0 Å². The number of rotatable bonds is 9. The van der Waals surface area contributed by atoms with Crippen LogP contribution >= 0.6 is 46.3 Å². The van der Waals surface area contributed by atoms with Crippen molar-refractivity contribution >= 4 is 52.2 Å². The van der Waals surface area contributed by atoms with Gasteiger partial charge in [-0.15, -0.1) is 21.5 Å². The topological polar surface area (TPSA) is 85.6 Å². The number of thiazole rings is 1. The number of aromatic nitrogens is 5. The summed E-state index contributed by atoms with van der Waals surface area (Å²) in [6.07, 6.45) is 2.40. The van der Waals surface area contributed by atoms with E-state index in [1.807, 2.05) is 71.3 Å². The van der Waals surface area contributed by atoms with Crippen molar-refractivity contribution in [2.75, 3.05) is 6.54 Å². The molecule has 0 bridgehead atoms. The van der Waals surface area contributed by atoms with Crippen LogP contribution in [-0.4, -0.2) is 37.2 Å². The highest BCUT2D eigenvalue weighted by atomic mass is 35.5. The summed E-state index contributed by atoms with van der Waals surface area (Å²) in [6, 6.07) is 20.7. The van der Waals surface area contributed by atoms with Gasteiger partial charge in [0.1, 0.15) is 10.7 Å². The number of thioether (sulfide) groups is 1. The van der Waals surface area contributed by atoms with E-state index in [2.05, 4.69) is 25.5 Å². The van der Waals surface area contributed by atoms with Crippen LogP contribution in [0.4, 0.5) is 0 Å². The molecule has 0 saturated carbocycles. The molecule has 0 unspecified atom stereocenters. The minimum absolute atomic E-state index is 0.205. The molecule has 5 aromatic rings. The molecule has 0 spiro atoms. The molecule has 5 rings (SSSR count). The Morgan fingerprint density at radius 2 is 1.76 bits per heavy atom. The number of pyridine rings is 1. The molecule has 186 valence electrons. The van der Waals surface area contributed by atoms with E-state index in [-0.39, 0.29) is 5.91 Å². The molecule has 2 aromatic carbocycles. The highest BCUT2D eigenvalue weighted by molar-refractivity contribution is 7.98. The summed E-state index contributed by atoms with van der Waals surface area (Å²) >= 11 is 15.9. The zero-order valence-electron chi connectivity index (χ0n) is 19.3. The zero-order valence-corrected chi connectivity index (χ0v) is 22.5. The van der Waals surface area contributed by atoms with Crippen LogP contribution in [-0.2, 0) is 12.2 Å². The average Bonchev–Trinajstić information content (AvgIpc) is 3.56. The van der Waals surface area contributed by atoms with Gasteiger partial charge in [0.05, 0.1) is 21.5 Å². The number of carbonyl (C=O) groups is 1. The lowest BCUT2D eigenvalue weighted by molar-refractivity contribution is 0.0949. The summed E-state index contributed by atoms with van der Waals surface area (Å²) in [5.41, 5.74) is 2.82. The van der Waals surface area contributed by atoms with Crippen molar-refractivity contribution in [2.24, 2.45) is 0 Å². The molecule has 0 saturated heterocycles. The normalized spacial score (nSPS) is 11.0. The SMILES string of the molecule is O=C(NCCc1ccccn1)c1csc(CSc2nnc(-c3ccccc3Cl)n2-c2ccccc2Cl)n1. The van der Waals surface area contributed by atoms with Gasteiger partial charge in [0.25, 0.3) is 5.91 Å². The van der Waals surface area contributed by atoms with E-state index < -0.39 is 0 Å². The lowest BCUT2D eigenvalue weighted by atomic mass is 10.2. The lowest BCUT2D eigenvalue weighted by Gasteiger charge is -2.12. The lowest BCUT2D eigenvalue weighted by Crippen LogP contribution is -2.26. The monoisotopic (exact) mass is 566 g/mol. The Morgan fingerprint density at radius 1 is 0.973 bits per heavy atom. The number of hydrogen-bond acceptors (Lipinski definition) is 7. The van der Waals surface area contributed by atoms with Crippen LogP contribution in [0.15, 0.2) is 83.5 Å². The first-order chi connectivity index (χ1) is 18.1. The highest BCUT2D eigenvalue weighted by Gasteiger charge is 2.20. The summed E-state index contributed by atoms with van der Waals surface area (Å²) in [4.78, 5) is 21.3. The van der Waals surface area contributed by atoms with Crippen LogP contribution in [0.1, 0.15) is 21.2 Å². The third-order valence-corrected chi connectivity index (χ3v) is 7.96. The molecular formula is C26H20Cl2N6OS2. The van der Waals surface area contributed by atoms with Crippen LogP contribution in [0.25, 0.3) is 17.1 Å². The van der Waals surface area contributed by atoms with Crippen LogP contribution in [0.3, 0.4) is 0 Å². The number of benzene rings is 2. The Kier molecular flexibility index (Phi) is 8.15. The van der Waals surface area contributed by atoms with Crippen LogP contribution in [0, 0.1) is 0 Å². The molecule has 0 atom stereocenters. The third-order valence-electron chi connectivity index (χ3n) is 5.34. The van der Waals surface area contributed by atoms with Crippen LogP contribution in [0.2, 0.25) is 10.0 Å². The van der Waals surface area contributed by atoms with Gasteiger partial charge in [-0.05, 0) is 36.4 Å². The van der Waals surface area contributed by atoms with Crippen molar-refractivity contribution in [3.8, 4) is 17.1 Å². The van der Waals surface area contributed by atoms with E-state index in [9.17, 15) is 4.79 Å². The van der Waals surface area contributed by atoms with Crippen molar-refractivity contribution in [3.05, 3.63) is 105 Å². The van der Waals surface area contributed by atoms with Crippen molar-refractivity contribution in [1.29, 1.82) is 0 Å². The first-order valence-electron chi connectivity index (χ1n) is 11.3. The molecular weight excluding hydrogens is 547 g/mol. The molecule has 37 heavy (non-hydrogen) atoms. The number of halogens is 2. The van der Waals surface area contributed by atoms with E-state index in [0.717, 1.165) is 22.0 Å². The van der Waals surface area contributed by atoms with Gasteiger partial charge >= 0.3 is 0 Å². The predicted molar refractivity (Wildman–Crippen MR) is 149 cm³/mol. The number of amides is 1. The smallest absolute Gasteiger partial charge is 0.270 e. The maximum atomic E-state index is 12.5. The second-order valence-electron chi connectivity index (χ2n) is 7.81. The molecule has 3 aromatic heterocycles. The molecule has 0 aliphatic heterocycles. The Balaban J connectivity index is 1.31. The quantitative estimate of drug-likeness (QED) is 0.209. The average molecular weight is 568 g/mol. The van der Waals surface area contributed by atoms with E-state index in [4.69, 9.17) is 23.2 Å². The summed E-state index contributed by atoms with van der Waals surface area (Å²) in [7, 11) is 0. The second kappa shape index (κ2) is 11.9. The molecule has 11 heteroatoms. The van der Waals surface area contributed by atoms with Crippen LogP contribution < -0.4 is 5.32 Å². The Hall–Kier alpha value is -3.24. The van der Waals surface area contributed by atoms with E-state index in [1.54, 1.807) is 11.6 Å². The van der Waals surface area contributed by atoms with Crippen molar-refractivity contribution < 1.29 is 4.79 Å². The number of hydrogen-bond donors (Lipinski definition) is 1. The highest BCUT2D eigenvalue weighted by Crippen LogP contribution is 2.35. The van der Waals surface area contributed by atoms with Gasteiger partial charge in [0, 0.05) is 35.8 Å².